The number of carbonyl (C=O) groups is 3. The fourth-order valence-electron chi connectivity index (χ4n) is 4.88. The van der Waals surface area contributed by atoms with Gasteiger partial charge in [0, 0.05) is 25.8 Å². The van der Waals surface area contributed by atoms with Crippen molar-refractivity contribution in [3.63, 3.8) is 0 Å². The molecule has 7 nitrogen and oxygen atoms in total. The normalized spacial score (nSPS) is 24.3. The Kier molecular flexibility index (Phi) is 12.9. The Morgan fingerprint density at radius 2 is 1.68 bits per heavy atom. The van der Waals surface area contributed by atoms with Gasteiger partial charge in [0.15, 0.2) is 0 Å². The van der Waals surface area contributed by atoms with E-state index in [9.17, 15) is 14.4 Å². The lowest BCUT2D eigenvalue weighted by Gasteiger charge is -2.30. The van der Waals surface area contributed by atoms with E-state index < -0.39 is 12.0 Å². The number of cyclic esters (lactones) is 1. The van der Waals surface area contributed by atoms with Gasteiger partial charge in [-0.3, -0.25) is 9.59 Å². The number of esters is 1. The number of rotatable bonds is 8. The van der Waals surface area contributed by atoms with E-state index in [2.05, 4.69) is 5.32 Å². The van der Waals surface area contributed by atoms with Gasteiger partial charge in [-0.2, -0.15) is 0 Å². The second-order valence-electron chi connectivity index (χ2n) is 10.6. The van der Waals surface area contributed by atoms with Crippen LogP contribution in [0.25, 0.3) is 0 Å². The Bertz CT molecular complexity index is 1090. The summed E-state index contributed by atoms with van der Waals surface area (Å²) >= 11 is 0. The summed E-state index contributed by atoms with van der Waals surface area (Å²) in [6, 6.07) is 18.6. The summed E-state index contributed by atoms with van der Waals surface area (Å²) in [5.41, 5.74) is 2.03. The lowest BCUT2D eigenvalue weighted by atomic mass is 10.0. The summed E-state index contributed by atoms with van der Waals surface area (Å²) in [6.45, 7) is 4.68. The minimum Gasteiger partial charge on any atom is -0.461 e. The zero-order chi connectivity index (χ0) is 28.7. The van der Waals surface area contributed by atoms with E-state index in [1.54, 1.807) is 11.9 Å². The van der Waals surface area contributed by atoms with E-state index in [0.29, 0.717) is 51.7 Å². The molecule has 1 heterocycles. The van der Waals surface area contributed by atoms with Crippen LogP contribution in [0.1, 0.15) is 63.5 Å². The van der Waals surface area contributed by atoms with Crippen LogP contribution >= 0.6 is 0 Å². The van der Waals surface area contributed by atoms with Crippen LogP contribution < -0.4 is 5.32 Å². The SMILES string of the molecule is CCC[C@H]1CCCC(=O)N[C@@H](COCc2ccccc2)/C=C/C[C@H](C)C(=O)N(C)[C@@H](Cc2ccccc2)C(=O)O1. The number of carbonyl (C=O) groups excluding carboxylic acids is 3. The highest BCUT2D eigenvalue weighted by atomic mass is 16.5. The van der Waals surface area contributed by atoms with E-state index in [-0.39, 0.29) is 29.9 Å². The fraction of sp³-hybridized carbons (Fsp3) is 0.485. The molecule has 0 spiro atoms. The second kappa shape index (κ2) is 16.6. The third-order valence-corrected chi connectivity index (χ3v) is 7.22. The average molecular weight is 549 g/mol. The number of ether oxygens (including phenoxy) is 2. The summed E-state index contributed by atoms with van der Waals surface area (Å²) in [5.74, 6) is -0.943. The number of amides is 2. The zero-order valence-corrected chi connectivity index (χ0v) is 24.1. The highest BCUT2D eigenvalue weighted by molar-refractivity contribution is 5.86. The molecule has 2 amide bonds. The fourth-order valence-corrected chi connectivity index (χ4v) is 4.88. The molecule has 2 aromatic carbocycles. The van der Waals surface area contributed by atoms with Gasteiger partial charge in [0.05, 0.1) is 19.3 Å². The number of likely N-dealkylation sites (N-methyl/N-ethyl adjacent to an activating group) is 1. The van der Waals surface area contributed by atoms with Crippen LogP contribution in [-0.4, -0.2) is 54.5 Å². The molecule has 0 radical (unpaired) electrons. The predicted octanol–water partition coefficient (Wildman–Crippen LogP) is 5.24. The number of benzene rings is 2. The first-order chi connectivity index (χ1) is 19.4. The molecule has 216 valence electrons. The van der Waals surface area contributed by atoms with Gasteiger partial charge < -0.3 is 19.7 Å². The summed E-state index contributed by atoms with van der Waals surface area (Å²) < 4.78 is 11.9. The minimum absolute atomic E-state index is 0.0718. The molecule has 0 aromatic heterocycles. The van der Waals surface area contributed by atoms with Crippen LogP contribution in [0, 0.1) is 5.92 Å². The third kappa shape index (κ3) is 10.3. The predicted molar refractivity (Wildman–Crippen MR) is 156 cm³/mol. The Balaban J connectivity index is 1.77. The van der Waals surface area contributed by atoms with Crippen molar-refractivity contribution < 1.29 is 23.9 Å². The van der Waals surface area contributed by atoms with Crippen LogP contribution in [0.5, 0.6) is 0 Å². The first kappa shape index (κ1) is 31.1. The van der Waals surface area contributed by atoms with Crippen molar-refractivity contribution in [2.24, 2.45) is 5.92 Å². The van der Waals surface area contributed by atoms with Gasteiger partial charge in [0.2, 0.25) is 11.8 Å². The summed E-state index contributed by atoms with van der Waals surface area (Å²) in [6.07, 6.45) is 7.46. The van der Waals surface area contributed by atoms with E-state index in [1.807, 2.05) is 86.7 Å². The maximum Gasteiger partial charge on any atom is 0.329 e. The molecule has 0 saturated carbocycles. The van der Waals surface area contributed by atoms with Crippen molar-refractivity contribution in [2.75, 3.05) is 13.7 Å². The molecule has 0 saturated heterocycles. The first-order valence-corrected chi connectivity index (χ1v) is 14.5. The lowest BCUT2D eigenvalue weighted by Crippen LogP contribution is -2.47. The van der Waals surface area contributed by atoms with Crippen molar-refractivity contribution in [2.45, 2.75) is 83.6 Å². The third-order valence-electron chi connectivity index (χ3n) is 7.22. The standard InChI is InChI=1S/C33H44N2O5/c1-4-13-29-20-12-21-31(36)34-28(24-39-23-27-17-9-6-10-18-27)19-11-14-25(2)32(37)35(3)30(33(38)40-29)22-26-15-7-5-8-16-26/h5-11,15-19,25,28-30H,4,12-14,20-24H2,1-3H3,(H,34,36)/b19-11+/t25-,28+,29-,30-/m0/s1. The number of nitrogens with zero attached hydrogens (tertiary/aromatic N) is 1. The molecule has 0 unspecified atom stereocenters. The Morgan fingerprint density at radius 1 is 1.00 bits per heavy atom. The molecular formula is C33H44N2O5. The van der Waals surface area contributed by atoms with Gasteiger partial charge in [-0.15, -0.1) is 0 Å². The molecule has 7 heteroatoms. The number of nitrogens with one attached hydrogen (secondary N) is 1. The maximum absolute atomic E-state index is 13.4. The molecule has 4 atom stereocenters. The van der Waals surface area contributed by atoms with Crippen LogP contribution in [0.15, 0.2) is 72.8 Å². The number of hydrogen-bond acceptors (Lipinski definition) is 5. The number of hydrogen-bond donors (Lipinski definition) is 1. The molecule has 2 aromatic rings. The average Bonchev–Trinajstić information content (AvgIpc) is 2.95. The molecular weight excluding hydrogens is 504 g/mol. The topological polar surface area (TPSA) is 84.9 Å². The molecule has 1 aliphatic heterocycles. The van der Waals surface area contributed by atoms with E-state index in [0.717, 1.165) is 17.5 Å². The van der Waals surface area contributed by atoms with E-state index in [4.69, 9.17) is 9.47 Å². The Morgan fingerprint density at radius 3 is 2.35 bits per heavy atom. The summed E-state index contributed by atoms with van der Waals surface area (Å²) in [7, 11) is 1.69. The van der Waals surface area contributed by atoms with Crippen molar-refractivity contribution in [1.82, 2.24) is 10.2 Å². The van der Waals surface area contributed by atoms with E-state index in [1.165, 1.54) is 0 Å². The molecule has 0 fully saturated rings. The Labute approximate surface area is 238 Å². The quantitative estimate of drug-likeness (QED) is 0.360. The van der Waals surface area contributed by atoms with Crippen LogP contribution in [-0.2, 0) is 36.9 Å². The molecule has 1 N–H and O–H groups in total. The molecule has 1 aliphatic rings. The van der Waals surface area contributed by atoms with Gasteiger partial charge in [0.25, 0.3) is 0 Å². The van der Waals surface area contributed by atoms with Gasteiger partial charge >= 0.3 is 5.97 Å². The van der Waals surface area contributed by atoms with Gasteiger partial charge in [-0.1, -0.05) is 93.1 Å². The van der Waals surface area contributed by atoms with Gasteiger partial charge in [-0.25, -0.2) is 4.79 Å². The van der Waals surface area contributed by atoms with E-state index >= 15 is 0 Å². The second-order valence-corrected chi connectivity index (χ2v) is 10.6. The minimum atomic E-state index is -0.726. The molecule has 0 aliphatic carbocycles. The van der Waals surface area contributed by atoms with Crippen molar-refractivity contribution >= 4 is 17.8 Å². The molecule has 3 rings (SSSR count). The van der Waals surface area contributed by atoms with Crippen LogP contribution in [0.2, 0.25) is 0 Å². The highest BCUT2D eigenvalue weighted by Gasteiger charge is 2.32. The first-order valence-electron chi connectivity index (χ1n) is 14.5. The lowest BCUT2D eigenvalue weighted by molar-refractivity contribution is -0.160. The van der Waals surface area contributed by atoms with Crippen molar-refractivity contribution in [3.8, 4) is 0 Å². The van der Waals surface area contributed by atoms with Gasteiger partial charge in [-0.05, 0) is 36.8 Å². The molecule has 0 bridgehead atoms. The van der Waals surface area contributed by atoms with Crippen molar-refractivity contribution in [1.29, 1.82) is 0 Å². The summed E-state index contributed by atoms with van der Waals surface area (Å²) in [4.78, 5) is 41.2. The number of allylic oxidation sites excluding steroid dienone is 1. The smallest absolute Gasteiger partial charge is 0.329 e. The largest absolute Gasteiger partial charge is 0.461 e. The zero-order valence-electron chi connectivity index (χ0n) is 24.1. The van der Waals surface area contributed by atoms with Crippen LogP contribution in [0.4, 0.5) is 0 Å². The maximum atomic E-state index is 13.4. The monoisotopic (exact) mass is 548 g/mol. The van der Waals surface area contributed by atoms with Crippen LogP contribution in [0.3, 0.4) is 0 Å². The van der Waals surface area contributed by atoms with Gasteiger partial charge in [0.1, 0.15) is 12.1 Å². The molecule has 40 heavy (non-hydrogen) atoms. The Hall–Kier alpha value is -3.45. The highest BCUT2D eigenvalue weighted by Crippen LogP contribution is 2.19. The van der Waals surface area contributed by atoms with Crippen molar-refractivity contribution in [3.05, 3.63) is 83.9 Å². The summed E-state index contributed by atoms with van der Waals surface area (Å²) in [5, 5.41) is 3.06.